The van der Waals surface area contributed by atoms with Crippen molar-refractivity contribution < 1.29 is 79.0 Å². The zero-order valence-electron chi connectivity index (χ0n) is 19.1. The summed E-state index contributed by atoms with van der Waals surface area (Å²) in [6.45, 7) is 4.05. The van der Waals surface area contributed by atoms with Gasteiger partial charge in [-0.2, -0.15) is 79.0 Å². The topological polar surface area (TPSA) is 0 Å². The Balaban J connectivity index is 6.23. The summed E-state index contributed by atoms with van der Waals surface area (Å²) in [5, 5.41) is 0. The highest BCUT2D eigenvalue weighted by molar-refractivity contribution is 14.1. The van der Waals surface area contributed by atoms with E-state index in [1.165, 1.54) is 0 Å². The first-order valence-electron chi connectivity index (χ1n) is 9.69. The quantitative estimate of drug-likeness (QED) is 0.0841. The van der Waals surface area contributed by atoms with Crippen LogP contribution in [0, 0.1) is 0 Å². The second-order valence-corrected chi connectivity index (χ2v) is 30.9. The number of rotatable bonds is 11. The van der Waals surface area contributed by atoms with Crippen molar-refractivity contribution in [1.29, 1.82) is 0 Å². The van der Waals surface area contributed by atoms with E-state index in [1.54, 1.807) is 0 Å². The van der Waals surface area contributed by atoms with Gasteiger partial charge in [-0.25, -0.2) is 0 Å². The van der Waals surface area contributed by atoms with Crippen LogP contribution in [0.4, 0.5) is 79.0 Å². The van der Waals surface area contributed by atoms with Gasteiger partial charge in [0.05, 0.1) is 15.2 Å². The van der Waals surface area contributed by atoms with Gasteiger partial charge in [0.15, 0.2) is 0 Å². The lowest BCUT2D eigenvalue weighted by Crippen LogP contribution is -2.69. The third kappa shape index (κ3) is 6.34. The Bertz CT molecular complexity index is 765. The van der Waals surface area contributed by atoms with Gasteiger partial charge in [-0.3, -0.25) is 0 Å². The van der Waals surface area contributed by atoms with Gasteiger partial charge in [0.2, 0.25) is 0 Å². The Hall–Kier alpha value is 0.634. The molecule has 0 radical (unpaired) electrons. The number of hydrogen-bond donors (Lipinski definition) is 0. The van der Waals surface area contributed by atoms with E-state index in [-0.39, 0.29) is 0 Å². The van der Waals surface area contributed by atoms with Crippen molar-refractivity contribution in [3.8, 4) is 0 Å². The van der Waals surface area contributed by atoms with Gasteiger partial charge < -0.3 is 0 Å². The summed E-state index contributed by atoms with van der Waals surface area (Å²) >= 11 is 1.97. The van der Waals surface area contributed by atoms with E-state index in [0.29, 0.717) is 0 Å². The van der Waals surface area contributed by atoms with E-state index in [9.17, 15) is 79.0 Å². The number of hydrogen-bond acceptors (Lipinski definition) is 0. The van der Waals surface area contributed by atoms with Crippen LogP contribution in [0.5, 0.6) is 0 Å². The molecule has 0 aliphatic rings. The summed E-state index contributed by atoms with van der Waals surface area (Å²) in [5.41, 5.74) is 0. The van der Waals surface area contributed by atoms with Crippen LogP contribution in [-0.4, -0.2) is 70.2 Å². The van der Waals surface area contributed by atoms with Crippen molar-refractivity contribution in [3.63, 3.8) is 0 Å². The molecule has 0 bridgehead atoms. The minimum Gasteiger partial charge on any atom is -0.200 e. The van der Waals surface area contributed by atoms with E-state index < -0.39 is 83.0 Å². The van der Waals surface area contributed by atoms with Gasteiger partial charge in [0.25, 0.3) is 0 Å². The normalized spacial score (nSPS) is 18.0. The van der Waals surface area contributed by atoms with Crippen LogP contribution in [0.1, 0.15) is 12.8 Å². The summed E-state index contributed by atoms with van der Waals surface area (Å²) in [7, 11) is -7.68. The summed E-state index contributed by atoms with van der Waals surface area (Å²) < 4.78 is 234. The molecule has 2 atom stereocenters. The van der Waals surface area contributed by atoms with Gasteiger partial charge >= 0.3 is 47.9 Å². The molecule has 0 rings (SSSR count). The Morgan fingerprint density at radius 2 is 0.605 bits per heavy atom. The summed E-state index contributed by atoms with van der Waals surface area (Å²) in [4.78, 5) is 0. The van der Waals surface area contributed by atoms with Crippen LogP contribution < -0.4 is 0 Å². The van der Waals surface area contributed by atoms with Crippen molar-refractivity contribution in [2.45, 2.75) is 94.0 Å². The highest BCUT2D eigenvalue weighted by Crippen LogP contribution is 2.57. The molecule has 0 nitrogen and oxygen atoms in total. The Kier molecular flexibility index (Phi) is 10.9. The zero-order valence-corrected chi connectivity index (χ0v) is 25.4. The Morgan fingerprint density at radius 3 is 0.763 bits per heavy atom. The predicted molar refractivity (Wildman–Crippen MR) is 122 cm³/mol. The fourth-order valence-electron chi connectivity index (χ4n) is 2.84. The van der Waals surface area contributed by atoms with E-state index >= 15 is 0 Å². The lowest BCUT2D eigenvalue weighted by atomic mass is 10.0. The molecule has 0 saturated heterocycles. The maximum Gasteiger partial charge on any atom is 0.460 e. The second-order valence-electron chi connectivity index (χ2n) is 9.49. The van der Waals surface area contributed by atoms with Crippen LogP contribution in [0.2, 0.25) is 26.2 Å². The van der Waals surface area contributed by atoms with Crippen molar-refractivity contribution in [3.05, 3.63) is 0 Å². The second kappa shape index (κ2) is 10.7. The number of alkyl halides is 20. The minimum atomic E-state index is -7.19. The van der Waals surface area contributed by atoms with Gasteiger partial charge in [-0.1, -0.05) is 71.4 Å². The molecule has 0 saturated carbocycles. The summed E-state index contributed by atoms with van der Waals surface area (Å²) in [6.07, 6.45) is -18.9. The van der Waals surface area contributed by atoms with Crippen LogP contribution >= 0.6 is 45.2 Å². The fraction of sp³-hybridized carbons (Fsp3) is 1.00. The van der Waals surface area contributed by atoms with Gasteiger partial charge in [0, 0.05) is 19.9 Å². The minimum absolute atomic E-state index is 0.983. The first-order chi connectivity index (χ1) is 16.0. The smallest absolute Gasteiger partial charge is 0.200 e. The molecular formula is C16H18F18I2Si2. The average molecular weight is 862 g/mol. The monoisotopic (exact) mass is 862 g/mol. The summed E-state index contributed by atoms with van der Waals surface area (Å²) in [6, 6.07) is 0. The van der Waals surface area contributed by atoms with E-state index in [2.05, 4.69) is 0 Å². The molecule has 0 amide bonds. The van der Waals surface area contributed by atoms with Gasteiger partial charge in [-0.05, 0) is 0 Å². The summed E-state index contributed by atoms with van der Waals surface area (Å²) in [5.74, 6) is -40.4. The first kappa shape index (κ1) is 38.6. The van der Waals surface area contributed by atoms with Crippen LogP contribution in [0.25, 0.3) is 0 Å². The van der Waals surface area contributed by atoms with E-state index in [4.69, 9.17) is 0 Å². The molecule has 0 spiro atoms. The van der Waals surface area contributed by atoms with Crippen molar-refractivity contribution >= 4 is 60.4 Å². The maximum atomic E-state index is 14.2. The molecule has 22 heteroatoms. The molecule has 0 aromatic rings. The van der Waals surface area contributed by atoms with Crippen LogP contribution in [0.15, 0.2) is 0 Å². The molecule has 2 unspecified atom stereocenters. The third-order valence-electron chi connectivity index (χ3n) is 6.52. The molecule has 0 heterocycles. The Morgan fingerprint density at radius 1 is 0.421 bits per heavy atom. The third-order valence-corrected chi connectivity index (χ3v) is 39.2. The first-order valence-corrected chi connectivity index (χ1v) is 19.3. The molecular weight excluding hydrogens is 844 g/mol. The lowest BCUT2D eigenvalue weighted by Gasteiger charge is -2.47. The van der Waals surface area contributed by atoms with Gasteiger partial charge in [-0.15, -0.1) is 0 Å². The average Bonchev–Trinajstić information content (AvgIpc) is 2.64. The van der Waals surface area contributed by atoms with Crippen molar-refractivity contribution in [2.75, 3.05) is 0 Å². The zero-order chi connectivity index (χ0) is 31.6. The van der Waals surface area contributed by atoms with Crippen LogP contribution in [-0.2, 0) is 0 Å². The highest BCUT2D eigenvalue weighted by atomic mass is 127. The van der Waals surface area contributed by atoms with E-state index in [0.717, 1.165) is 71.4 Å². The Labute approximate surface area is 232 Å². The van der Waals surface area contributed by atoms with Crippen molar-refractivity contribution in [2.24, 2.45) is 0 Å². The fourth-order valence-corrected chi connectivity index (χ4v) is 27.0. The highest BCUT2D eigenvalue weighted by Gasteiger charge is 2.83. The molecule has 0 aromatic heterocycles. The van der Waals surface area contributed by atoms with Crippen LogP contribution in [0.3, 0.4) is 0 Å². The molecule has 0 fully saturated rings. The molecule has 0 aromatic carbocycles. The predicted octanol–water partition coefficient (Wildman–Crippen LogP) is 9.88. The molecule has 230 valence electrons. The number of halogens is 20. The standard InChI is InChI=1S/C16H18F18I2Si2/c1-37(2,7(35)5-9(17,18)11(21,22)13(25,26)15(29,30)31)38(3,4)8(36)6-10(19,20)12(23,24)14(27,28)16(32,33)34/h7-8H,5-6H2,1-4H3. The van der Waals surface area contributed by atoms with Gasteiger partial charge in [0.1, 0.15) is 0 Å². The largest absolute Gasteiger partial charge is 0.460 e. The van der Waals surface area contributed by atoms with E-state index in [1.807, 2.05) is 0 Å². The molecule has 38 heavy (non-hydrogen) atoms. The SMILES string of the molecule is C[Si](C)(C(I)CC(F)(F)C(F)(F)C(F)(F)C(F)(F)F)[Si](C)(C)C(I)CC(F)(F)C(F)(F)C(F)(F)C(F)(F)F. The maximum absolute atomic E-state index is 14.2. The molecule has 0 aliphatic carbocycles. The van der Waals surface area contributed by atoms with Crippen molar-refractivity contribution in [1.82, 2.24) is 0 Å². The molecule has 0 aliphatic heterocycles. The lowest BCUT2D eigenvalue weighted by molar-refractivity contribution is -0.396. The molecule has 0 N–H and O–H groups in total.